The van der Waals surface area contributed by atoms with Crippen molar-refractivity contribution in [1.29, 1.82) is 5.39 Å². The fourth-order valence-corrected chi connectivity index (χ4v) is 2.10. The van der Waals surface area contributed by atoms with Gasteiger partial charge in [0.2, 0.25) is 5.39 Å². The average molecular weight is 303 g/mol. The van der Waals surface area contributed by atoms with Crippen molar-refractivity contribution in [3.05, 3.63) is 40.8 Å². The first-order valence-corrected chi connectivity index (χ1v) is 7.00. The van der Waals surface area contributed by atoms with Gasteiger partial charge in [-0.05, 0) is 45.3 Å². The second-order valence-electron chi connectivity index (χ2n) is 6.17. The van der Waals surface area contributed by atoms with Gasteiger partial charge in [-0.3, -0.25) is 0 Å². The van der Waals surface area contributed by atoms with Gasteiger partial charge in [-0.2, -0.15) is 0 Å². The van der Waals surface area contributed by atoms with E-state index in [0.29, 0.717) is 5.56 Å². The fraction of sp³-hybridized carbons (Fsp3) is 0.467. The highest BCUT2D eigenvalue weighted by Crippen LogP contribution is 2.36. The van der Waals surface area contributed by atoms with Crippen LogP contribution in [0, 0.1) is 5.39 Å². The van der Waals surface area contributed by atoms with E-state index >= 15 is 0 Å². The first-order valence-electron chi connectivity index (χ1n) is 7.00. The van der Waals surface area contributed by atoms with E-state index in [1.807, 2.05) is 27.7 Å². The Balaban J connectivity index is 2.27. The quantitative estimate of drug-likeness (QED) is 0.528. The van der Waals surface area contributed by atoms with E-state index in [2.05, 4.69) is 9.71 Å². The van der Waals surface area contributed by atoms with Crippen molar-refractivity contribution in [3.8, 4) is 0 Å². The highest BCUT2D eigenvalue weighted by Gasteiger charge is 2.51. The number of nitrogens with zero attached hydrogens (tertiary/aromatic N) is 2. The fourth-order valence-electron chi connectivity index (χ4n) is 2.10. The van der Waals surface area contributed by atoms with Crippen molar-refractivity contribution in [2.75, 3.05) is 7.11 Å². The molecule has 0 bridgehead atoms. The van der Waals surface area contributed by atoms with E-state index in [1.165, 1.54) is 7.11 Å². The number of ether oxygens (including phenoxy) is 1. The molecule has 0 aromatic heterocycles. The third-order valence-corrected chi connectivity index (χ3v) is 4.21. The van der Waals surface area contributed by atoms with E-state index in [9.17, 15) is 5.11 Å². The molecular weight excluding hydrogens is 283 g/mol. The molecule has 1 aliphatic rings. The maximum atomic E-state index is 9.54. The molecule has 1 heterocycles. The molecule has 6 nitrogen and oxygen atoms in total. The molecule has 116 valence electrons. The lowest BCUT2D eigenvalue weighted by Crippen LogP contribution is -2.41. The van der Waals surface area contributed by atoms with Crippen molar-refractivity contribution in [2.24, 2.45) is 0 Å². The van der Waals surface area contributed by atoms with Gasteiger partial charge in [0.1, 0.15) is 0 Å². The van der Waals surface area contributed by atoms with Crippen LogP contribution in [0.25, 0.3) is 10.7 Å². The maximum absolute atomic E-state index is 9.54. The minimum atomic E-state index is -0.464. The Labute approximate surface area is 130 Å². The number of aliphatic hydroxyl groups excluding tert-OH is 1. The number of rotatable bonds is 3. The summed E-state index contributed by atoms with van der Waals surface area (Å²) in [7, 11) is 0.827. The van der Waals surface area contributed by atoms with Gasteiger partial charge in [-0.15, -0.1) is 0 Å². The van der Waals surface area contributed by atoms with Gasteiger partial charge in [0.15, 0.2) is 4.98 Å². The van der Waals surface area contributed by atoms with Gasteiger partial charge in [-0.1, -0.05) is 12.1 Å². The molecule has 1 N–H and O–H groups in total. The van der Waals surface area contributed by atoms with Gasteiger partial charge >= 0.3 is 18.8 Å². The van der Waals surface area contributed by atoms with Crippen LogP contribution in [0.2, 0.25) is 0 Å². The molecule has 1 saturated heterocycles. The number of diazo groups is 1. The first kappa shape index (κ1) is 16.3. The lowest BCUT2D eigenvalue weighted by atomic mass is 9.79. The molecule has 0 atom stereocenters. The Kier molecular flexibility index (Phi) is 4.18. The molecule has 2 rings (SSSR count). The van der Waals surface area contributed by atoms with Crippen molar-refractivity contribution in [2.45, 2.75) is 38.9 Å². The highest BCUT2D eigenvalue weighted by atomic mass is 16.7. The summed E-state index contributed by atoms with van der Waals surface area (Å²) in [6.45, 7) is 7.96. The third kappa shape index (κ3) is 2.80. The zero-order valence-electron chi connectivity index (χ0n) is 13.5. The molecule has 1 aromatic rings. The SMILES string of the molecule is CO/C(O)=C(/[N+]#N)c1ccc(B2OC(C)(C)C(C)(C)O2)cc1. The van der Waals surface area contributed by atoms with Gasteiger partial charge in [0.05, 0.1) is 23.9 Å². The second-order valence-corrected chi connectivity index (χ2v) is 6.17. The zero-order valence-corrected chi connectivity index (χ0v) is 13.5. The van der Waals surface area contributed by atoms with E-state index in [0.717, 1.165) is 5.46 Å². The number of benzene rings is 1. The van der Waals surface area contributed by atoms with Gasteiger partial charge in [0, 0.05) is 0 Å². The van der Waals surface area contributed by atoms with Crippen molar-refractivity contribution in [1.82, 2.24) is 0 Å². The van der Waals surface area contributed by atoms with Crippen LogP contribution < -0.4 is 5.46 Å². The summed E-state index contributed by atoms with van der Waals surface area (Å²) in [4.78, 5) is 3.04. The molecule has 0 radical (unpaired) electrons. The van der Waals surface area contributed by atoms with Gasteiger partial charge in [-0.25, -0.2) is 0 Å². The minimum absolute atomic E-state index is 0.0389. The monoisotopic (exact) mass is 303 g/mol. The van der Waals surface area contributed by atoms with Crippen LogP contribution in [0.15, 0.2) is 30.2 Å². The maximum Gasteiger partial charge on any atom is 0.494 e. The number of methoxy groups -OCH3 is 1. The summed E-state index contributed by atoms with van der Waals surface area (Å²) in [6, 6.07) is 6.99. The molecule has 0 aliphatic carbocycles. The van der Waals surface area contributed by atoms with Crippen LogP contribution in [0.1, 0.15) is 33.3 Å². The van der Waals surface area contributed by atoms with Crippen LogP contribution in [-0.2, 0) is 14.0 Å². The van der Waals surface area contributed by atoms with E-state index in [-0.39, 0.29) is 5.70 Å². The molecule has 0 saturated carbocycles. The standard InChI is InChI=1S/C15H19BN2O4/c1-14(2)15(3,4)22-16(21-14)11-8-6-10(7-9-11)12(18-17)13(19)20-5/h6-9H,1-5H3/p+1/b13-12+. The summed E-state index contributed by atoms with van der Waals surface area (Å²) in [6.07, 6.45) is 0. The summed E-state index contributed by atoms with van der Waals surface area (Å²) in [5.41, 5.74) is 0.508. The van der Waals surface area contributed by atoms with Crippen LogP contribution in [0.5, 0.6) is 0 Å². The molecule has 0 unspecified atom stereocenters. The molecule has 7 heteroatoms. The van der Waals surface area contributed by atoms with Crippen LogP contribution in [0.4, 0.5) is 0 Å². The molecule has 0 amide bonds. The normalized spacial score (nSPS) is 20.3. The predicted octanol–water partition coefficient (Wildman–Crippen LogP) is 2.67. The molecule has 22 heavy (non-hydrogen) atoms. The summed E-state index contributed by atoms with van der Waals surface area (Å²) < 4.78 is 16.6. The second kappa shape index (κ2) is 5.63. The Morgan fingerprint density at radius 3 is 2.05 bits per heavy atom. The van der Waals surface area contributed by atoms with E-state index in [4.69, 9.17) is 14.7 Å². The molecule has 1 fully saturated rings. The highest BCUT2D eigenvalue weighted by molar-refractivity contribution is 6.62. The van der Waals surface area contributed by atoms with E-state index in [1.54, 1.807) is 24.3 Å². The Morgan fingerprint density at radius 1 is 1.14 bits per heavy atom. The number of aliphatic hydroxyl groups is 1. The summed E-state index contributed by atoms with van der Waals surface area (Å²) in [5, 5.41) is 18.5. The Morgan fingerprint density at radius 2 is 1.64 bits per heavy atom. The van der Waals surface area contributed by atoms with Crippen LogP contribution in [0.3, 0.4) is 0 Å². The lowest BCUT2D eigenvalue weighted by Gasteiger charge is -2.32. The molecule has 1 aromatic carbocycles. The van der Waals surface area contributed by atoms with Gasteiger partial charge in [0.25, 0.3) is 0 Å². The van der Waals surface area contributed by atoms with Gasteiger partial charge < -0.3 is 19.2 Å². The molecular formula is C15H20BN2O4+. The van der Waals surface area contributed by atoms with Crippen molar-refractivity contribution >= 4 is 18.3 Å². The minimum Gasteiger partial charge on any atom is -0.475 e. The molecule has 0 spiro atoms. The Bertz CT molecular complexity index is 616. The number of hydrogen-bond acceptors (Lipinski definition) is 5. The van der Waals surface area contributed by atoms with Crippen LogP contribution in [-0.4, -0.2) is 30.5 Å². The predicted molar refractivity (Wildman–Crippen MR) is 83.8 cm³/mol. The van der Waals surface area contributed by atoms with Crippen molar-refractivity contribution < 1.29 is 19.2 Å². The molecule has 1 aliphatic heterocycles. The smallest absolute Gasteiger partial charge is 0.475 e. The van der Waals surface area contributed by atoms with E-state index < -0.39 is 24.3 Å². The average Bonchev–Trinajstić information content (AvgIpc) is 2.68. The zero-order chi connectivity index (χ0) is 16.5. The largest absolute Gasteiger partial charge is 0.494 e. The summed E-state index contributed by atoms with van der Waals surface area (Å²) in [5.74, 6) is -0.453. The van der Waals surface area contributed by atoms with Crippen LogP contribution >= 0.6 is 0 Å². The topological polar surface area (TPSA) is 76.1 Å². The lowest BCUT2D eigenvalue weighted by molar-refractivity contribution is 0.00578. The Hall–Kier alpha value is -2.04. The van der Waals surface area contributed by atoms with Crippen molar-refractivity contribution in [3.63, 3.8) is 0 Å². The first-order chi connectivity index (χ1) is 10.2. The summed E-state index contributed by atoms with van der Waals surface area (Å²) >= 11 is 0. The third-order valence-electron chi connectivity index (χ3n) is 4.21. The number of hydrogen-bond donors (Lipinski definition) is 1.